The van der Waals surface area contributed by atoms with Crippen LogP contribution in [-0.4, -0.2) is 20.3 Å². The summed E-state index contributed by atoms with van der Waals surface area (Å²) in [5, 5.41) is 23.9. The van der Waals surface area contributed by atoms with Crippen molar-refractivity contribution >= 4 is 46.0 Å². The van der Waals surface area contributed by atoms with Crippen molar-refractivity contribution in [3.8, 4) is 5.75 Å². The number of rotatable bonds is 4. The molecule has 0 unspecified atom stereocenters. The average Bonchev–Trinajstić information content (AvgIpc) is 2.88. The molecular formula is C17H12N2O4S2. The molecule has 2 aromatic rings. The van der Waals surface area contributed by atoms with Crippen LogP contribution in [0.2, 0.25) is 0 Å². The van der Waals surface area contributed by atoms with Crippen molar-refractivity contribution in [3.05, 3.63) is 74.2 Å². The fourth-order valence-corrected chi connectivity index (χ4v) is 3.48. The van der Waals surface area contributed by atoms with E-state index in [0.29, 0.717) is 16.3 Å². The number of amides is 1. The highest BCUT2D eigenvalue weighted by Crippen LogP contribution is 2.36. The van der Waals surface area contributed by atoms with Crippen LogP contribution in [0.25, 0.3) is 6.08 Å². The number of nitro benzene ring substituents is 1. The number of thiocarbonyl (C=S) groups is 1. The Labute approximate surface area is 152 Å². The van der Waals surface area contributed by atoms with Gasteiger partial charge in [-0.3, -0.25) is 14.9 Å². The monoisotopic (exact) mass is 372 g/mol. The Hall–Kier alpha value is -2.71. The number of carbonyl (C=O) groups is 1. The van der Waals surface area contributed by atoms with Crippen LogP contribution in [0, 0.1) is 10.1 Å². The van der Waals surface area contributed by atoms with Crippen molar-refractivity contribution in [3.63, 3.8) is 0 Å². The minimum absolute atomic E-state index is 0.211. The van der Waals surface area contributed by atoms with Crippen molar-refractivity contribution in [1.29, 1.82) is 0 Å². The van der Waals surface area contributed by atoms with E-state index in [4.69, 9.17) is 12.2 Å². The number of nitrogens with zero attached hydrogens (tertiary/aromatic N) is 1. The predicted octanol–water partition coefficient (Wildman–Crippen LogP) is 3.38. The molecule has 0 radical (unpaired) electrons. The zero-order valence-corrected chi connectivity index (χ0v) is 14.4. The van der Waals surface area contributed by atoms with Crippen molar-refractivity contribution in [1.82, 2.24) is 5.32 Å². The molecule has 1 fully saturated rings. The third-order valence-electron chi connectivity index (χ3n) is 3.56. The van der Waals surface area contributed by atoms with Crippen molar-refractivity contribution in [2.24, 2.45) is 0 Å². The molecule has 0 atom stereocenters. The molecule has 6 nitrogen and oxygen atoms in total. The fourth-order valence-electron chi connectivity index (χ4n) is 2.45. The van der Waals surface area contributed by atoms with E-state index < -0.39 is 16.4 Å². The molecule has 2 aromatic carbocycles. The van der Waals surface area contributed by atoms with Crippen LogP contribution in [0.3, 0.4) is 0 Å². The lowest BCUT2D eigenvalue weighted by atomic mass is 10.0. The molecule has 8 heteroatoms. The summed E-state index contributed by atoms with van der Waals surface area (Å²) in [5.74, 6) is -0.856. The number of phenolic OH excluding ortho intramolecular Hbond substituents is 1. The Bertz CT molecular complexity index is 910. The van der Waals surface area contributed by atoms with Gasteiger partial charge in [0.1, 0.15) is 4.32 Å². The van der Waals surface area contributed by atoms with Gasteiger partial charge in [0.05, 0.1) is 9.83 Å². The molecule has 1 saturated heterocycles. The first-order chi connectivity index (χ1) is 11.9. The minimum Gasteiger partial charge on any atom is -0.502 e. The van der Waals surface area contributed by atoms with E-state index in [1.165, 1.54) is 12.1 Å². The molecule has 2 N–H and O–H groups in total. The summed E-state index contributed by atoms with van der Waals surface area (Å²) in [6, 6.07) is 12.5. The van der Waals surface area contributed by atoms with E-state index >= 15 is 0 Å². The molecule has 0 spiro atoms. The normalized spacial score (nSPS) is 15.4. The Balaban J connectivity index is 2.05. The molecule has 0 aliphatic carbocycles. The molecule has 1 aliphatic heterocycles. The average molecular weight is 372 g/mol. The van der Waals surface area contributed by atoms with Gasteiger partial charge in [0.25, 0.3) is 5.91 Å². The second-order valence-corrected chi connectivity index (χ2v) is 7.04. The van der Waals surface area contributed by atoms with Crippen LogP contribution in [0.15, 0.2) is 47.4 Å². The fraction of sp³-hybridized carbons (Fsp3) is 0.0588. The maximum absolute atomic E-state index is 11.8. The molecule has 126 valence electrons. The van der Waals surface area contributed by atoms with E-state index in [1.807, 2.05) is 30.3 Å². The molecule has 25 heavy (non-hydrogen) atoms. The van der Waals surface area contributed by atoms with E-state index in [2.05, 4.69) is 5.32 Å². The predicted molar refractivity (Wildman–Crippen MR) is 100 cm³/mol. The number of nitrogens with one attached hydrogen (secondary N) is 1. The largest absolute Gasteiger partial charge is 0.502 e. The summed E-state index contributed by atoms with van der Waals surface area (Å²) in [7, 11) is 0. The number of hydrogen-bond donors (Lipinski definition) is 2. The lowest BCUT2D eigenvalue weighted by Crippen LogP contribution is -2.17. The first-order valence-electron chi connectivity index (χ1n) is 7.23. The zero-order chi connectivity index (χ0) is 18.0. The number of thioether (sulfide) groups is 1. The molecule has 1 heterocycles. The van der Waals surface area contributed by atoms with Crippen LogP contribution in [-0.2, 0) is 11.2 Å². The first kappa shape index (κ1) is 17.1. The summed E-state index contributed by atoms with van der Waals surface area (Å²) in [6.07, 6.45) is 1.88. The number of phenols is 1. The summed E-state index contributed by atoms with van der Waals surface area (Å²) in [4.78, 5) is 22.7. The summed E-state index contributed by atoms with van der Waals surface area (Å²) in [6.45, 7) is 0. The Morgan fingerprint density at radius 3 is 2.56 bits per heavy atom. The van der Waals surface area contributed by atoms with Gasteiger partial charge in [-0.05, 0) is 29.7 Å². The zero-order valence-electron chi connectivity index (χ0n) is 12.8. The maximum atomic E-state index is 11.8. The van der Waals surface area contributed by atoms with Crippen molar-refractivity contribution < 1.29 is 14.8 Å². The van der Waals surface area contributed by atoms with Gasteiger partial charge in [-0.1, -0.05) is 54.3 Å². The SMILES string of the molecule is O=C1NC(=S)SC1=Cc1cc(Cc2ccccc2)cc([N+](=O)[O-])c1O. The van der Waals surface area contributed by atoms with Gasteiger partial charge in [-0.2, -0.15) is 0 Å². The van der Waals surface area contributed by atoms with Gasteiger partial charge in [-0.15, -0.1) is 0 Å². The van der Waals surface area contributed by atoms with Gasteiger partial charge >= 0.3 is 5.69 Å². The topological polar surface area (TPSA) is 92.5 Å². The smallest absolute Gasteiger partial charge is 0.311 e. The van der Waals surface area contributed by atoms with Crippen LogP contribution >= 0.6 is 24.0 Å². The number of aromatic hydroxyl groups is 1. The van der Waals surface area contributed by atoms with Gasteiger partial charge < -0.3 is 10.4 Å². The standard InChI is InChI=1S/C17H12N2O4S2/c20-15-12(9-14-16(21)18-17(24)25-14)7-11(8-13(15)19(22)23)6-10-4-2-1-3-5-10/h1-5,7-9,20H,6H2,(H,18,21,24). The highest BCUT2D eigenvalue weighted by atomic mass is 32.2. The second kappa shape index (κ2) is 7.04. The highest BCUT2D eigenvalue weighted by Gasteiger charge is 2.24. The number of carbonyl (C=O) groups excluding carboxylic acids is 1. The second-order valence-electron chi connectivity index (χ2n) is 5.32. The van der Waals surface area contributed by atoms with Crippen molar-refractivity contribution in [2.75, 3.05) is 0 Å². The number of hydrogen-bond acceptors (Lipinski definition) is 6. The molecule has 3 rings (SSSR count). The van der Waals surface area contributed by atoms with Gasteiger partial charge in [0.15, 0.2) is 0 Å². The van der Waals surface area contributed by atoms with E-state index in [1.54, 1.807) is 6.07 Å². The van der Waals surface area contributed by atoms with E-state index in [-0.39, 0.29) is 16.4 Å². The summed E-state index contributed by atoms with van der Waals surface area (Å²) in [5.41, 5.74) is 1.46. The highest BCUT2D eigenvalue weighted by molar-refractivity contribution is 8.26. The maximum Gasteiger partial charge on any atom is 0.311 e. The molecule has 0 bridgehead atoms. The molecule has 0 saturated carbocycles. The Kier molecular flexibility index (Phi) is 4.82. The quantitative estimate of drug-likeness (QED) is 0.370. The minimum atomic E-state index is -0.641. The number of nitro groups is 1. The first-order valence-corrected chi connectivity index (χ1v) is 8.45. The Morgan fingerprint density at radius 2 is 1.96 bits per heavy atom. The molecule has 1 amide bonds. The molecular weight excluding hydrogens is 360 g/mol. The van der Waals surface area contributed by atoms with E-state index in [0.717, 1.165) is 17.3 Å². The molecule has 0 aromatic heterocycles. The third-order valence-corrected chi connectivity index (χ3v) is 4.72. The number of benzene rings is 2. The third kappa shape index (κ3) is 3.86. The van der Waals surface area contributed by atoms with Crippen LogP contribution in [0.1, 0.15) is 16.7 Å². The van der Waals surface area contributed by atoms with Crippen molar-refractivity contribution in [2.45, 2.75) is 6.42 Å². The summed E-state index contributed by atoms with van der Waals surface area (Å²) < 4.78 is 0.311. The Morgan fingerprint density at radius 1 is 1.24 bits per heavy atom. The van der Waals surface area contributed by atoms with Crippen LogP contribution < -0.4 is 5.32 Å². The van der Waals surface area contributed by atoms with Crippen LogP contribution in [0.4, 0.5) is 5.69 Å². The van der Waals surface area contributed by atoms with Gasteiger partial charge in [0.2, 0.25) is 5.75 Å². The van der Waals surface area contributed by atoms with Gasteiger partial charge in [0, 0.05) is 11.6 Å². The summed E-state index contributed by atoms with van der Waals surface area (Å²) >= 11 is 5.97. The van der Waals surface area contributed by atoms with E-state index in [9.17, 15) is 20.0 Å². The molecule has 1 aliphatic rings. The van der Waals surface area contributed by atoms with Crippen LogP contribution in [0.5, 0.6) is 5.75 Å². The lowest BCUT2D eigenvalue weighted by molar-refractivity contribution is -0.385. The lowest BCUT2D eigenvalue weighted by Gasteiger charge is -2.07. The van der Waals surface area contributed by atoms with Gasteiger partial charge in [-0.25, -0.2) is 0 Å².